The molecule has 0 atom stereocenters. The predicted molar refractivity (Wildman–Crippen MR) is 81.2 cm³/mol. The molecule has 0 saturated carbocycles. The molecule has 0 saturated heterocycles. The van der Waals surface area contributed by atoms with Gasteiger partial charge in [0.05, 0.1) is 16.7 Å². The van der Waals surface area contributed by atoms with Crippen molar-refractivity contribution < 1.29 is 4.74 Å². The lowest BCUT2D eigenvalue weighted by Gasteiger charge is -2.22. The van der Waals surface area contributed by atoms with Gasteiger partial charge in [-0.05, 0) is 17.7 Å². The Labute approximate surface area is 124 Å². The Kier molecular flexibility index (Phi) is 6.99. The first-order valence-corrected chi connectivity index (χ1v) is 6.68. The zero-order valence-electron chi connectivity index (χ0n) is 11.4. The van der Waals surface area contributed by atoms with Crippen LogP contribution in [0.1, 0.15) is 5.56 Å². The number of nitrogens with one attached hydrogen (secondary N) is 1. The van der Waals surface area contributed by atoms with E-state index in [0.717, 1.165) is 18.1 Å². The lowest BCUT2D eigenvalue weighted by atomic mass is 10.2. The van der Waals surface area contributed by atoms with Gasteiger partial charge in [-0.2, -0.15) is 0 Å². The summed E-state index contributed by atoms with van der Waals surface area (Å²) in [6, 6.07) is 5.62. The number of hydrogen-bond donors (Lipinski definition) is 1. The molecule has 0 heterocycles. The lowest BCUT2D eigenvalue weighted by Crippen LogP contribution is -2.39. The summed E-state index contributed by atoms with van der Waals surface area (Å²) in [4.78, 5) is 6.22. The predicted octanol–water partition coefficient (Wildman–Crippen LogP) is 2.65. The van der Waals surface area contributed by atoms with Crippen molar-refractivity contribution >= 4 is 29.2 Å². The van der Waals surface area contributed by atoms with Gasteiger partial charge in [0.1, 0.15) is 0 Å². The molecule has 4 nitrogen and oxygen atoms in total. The minimum atomic E-state index is 0.565. The van der Waals surface area contributed by atoms with Crippen molar-refractivity contribution in [2.24, 2.45) is 4.99 Å². The first kappa shape index (κ1) is 16.1. The Morgan fingerprint density at radius 2 is 2.11 bits per heavy atom. The minimum Gasteiger partial charge on any atom is -0.383 e. The van der Waals surface area contributed by atoms with Crippen LogP contribution in [0.3, 0.4) is 0 Å². The van der Waals surface area contributed by atoms with E-state index in [1.807, 2.05) is 24.1 Å². The summed E-state index contributed by atoms with van der Waals surface area (Å²) in [5.74, 6) is 0.808. The molecule has 0 fully saturated rings. The standard InChI is InChI=1S/C13H19Cl2N3O/c1-16-13(17-6-7-19-3)18(2)9-10-4-5-11(14)12(15)8-10/h4-5,8H,6-7,9H2,1-3H3,(H,16,17). The Morgan fingerprint density at radius 1 is 1.37 bits per heavy atom. The molecule has 1 rings (SSSR count). The maximum atomic E-state index is 6.00. The summed E-state index contributed by atoms with van der Waals surface area (Å²) >= 11 is 11.9. The van der Waals surface area contributed by atoms with Crippen molar-refractivity contribution in [3.05, 3.63) is 33.8 Å². The van der Waals surface area contributed by atoms with Crippen LogP contribution in [-0.2, 0) is 11.3 Å². The van der Waals surface area contributed by atoms with Crippen LogP contribution in [0, 0.1) is 0 Å². The minimum absolute atomic E-state index is 0.565. The van der Waals surface area contributed by atoms with Gasteiger partial charge in [0, 0.05) is 34.3 Å². The Hall–Kier alpha value is -0.970. The van der Waals surface area contributed by atoms with Gasteiger partial charge in [-0.25, -0.2) is 0 Å². The van der Waals surface area contributed by atoms with Crippen molar-refractivity contribution in [2.45, 2.75) is 6.54 Å². The van der Waals surface area contributed by atoms with E-state index in [2.05, 4.69) is 10.3 Å². The van der Waals surface area contributed by atoms with E-state index < -0.39 is 0 Å². The maximum absolute atomic E-state index is 6.00. The van der Waals surface area contributed by atoms with Gasteiger partial charge in [-0.3, -0.25) is 4.99 Å². The molecule has 0 amide bonds. The third-order valence-electron chi connectivity index (χ3n) is 2.57. The van der Waals surface area contributed by atoms with Gasteiger partial charge in [0.25, 0.3) is 0 Å². The Bertz CT molecular complexity index is 438. The van der Waals surface area contributed by atoms with E-state index in [4.69, 9.17) is 27.9 Å². The second kappa shape index (κ2) is 8.25. The van der Waals surface area contributed by atoms with Crippen LogP contribution >= 0.6 is 23.2 Å². The normalized spacial score (nSPS) is 11.5. The van der Waals surface area contributed by atoms with Crippen molar-refractivity contribution in [3.8, 4) is 0 Å². The average molecular weight is 304 g/mol. The van der Waals surface area contributed by atoms with Crippen molar-refractivity contribution in [1.82, 2.24) is 10.2 Å². The number of guanidine groups is 1. The molecule has 0 aliphatic carbocycles. The largest absolute Gasteiger partial charge is 0.383 e. The number of rotatable bonds is 5. The van der Waals surface area contributed by atoms with E-state index in [9.17, 15) is 0 Å². The SMILES string of the molecule is CN=C(NCCOC)N(C)Cc1ccc(Cl)c(Cl)c1. The van der Waals surface area contributed by atoms with Crippen LogP contribution in [0.5, 0.6) is 0 Å². The highest BCUT2D eigenvalue weighted by atomic mass is 35.5. The summed E-state index contributed by atoms with van der Waals surface area (Å²) in [5.41, 5.74) is 1.08. The van der Waals surface area contributed by atoms with Gasteiger partial charge in [-0.1, -0.05) is 29.3 Å². The summed E-state index contributed by atoms with van der Waals surface area (Å²) < 4.78 is 5.00. The summed E-state index contributed by atoms with van der Waals surface area (Å²) in [6.45, 7) is 2.05. The van der Waals surface area contributed by atoms with E-state index in [1.54, 1.807) is 20.2 Å². The van der Waals surface area contributed by atoms with Crippen molar-refractivity contribution in [3.63, 3.8) is 0 Å². The third-order valence-corrected chi connectivity index (χ3v) is 3.31. The average Bonchev–Trinajstić information content (AvgIpc) is 2.39. The van der Waals surface area contributed by atoms with Gasteiger partial charge in [-0.15, -0.1) is 0 Å². The smallest absolute Gasteiger partial charge is 0.193 e. The highest BCUT2D eigenvalue weighted by molar-refractivity contribution is 6.42. The molecule has 0 radical (unpaired) electrons. The third kappa shape index (κ3) is 5.27. The molecule has 0 aliphatic heterocycles. The van der Waals surface area contributed by atoms with E-state index >= 15 is 0 Å². The number of halogens is 2. The maximum Gasteiger partial charge on any atom is 0.193 e. The molecule has 0 aromatic heterocycles. The van der Waals surface area contributed by atoms with Crippen LogP contribution in [0.4, 0.5) is 0 Å². The molecule has 0 spiro atoms. The first-order valence-electron chi connectivity index (χ1n) is 5.93. The van der Waals surface area contributed by atoms with Crippen LogP contribution in [0.25, 0.3) is 0 Å². The fourth-order valence-electron chi connectivity index (χ4n) is 1.64. The first-order chi connectivity index (χ1) is 9.08. The fourth-order valence-corrected chi connectivity index (χ4v) is 1.96. The molecular weight excluding hydrogens is 285 g/mol. The number of benzene rings is 1. The van der Waals surface area contributed by atoms with Gasteiger partial charge < -0.3 is 15.0 Å². The van der Waals surface area contributed by atoms with Crippen LogP contribution < -0.4 is 5.32 Å². The highest BCUT2D eigenvalue weighted by Gasteiger charge is 2.07. The van der Waals surface area contributed by atoms with Crippen LogP contribution in [0.2, 0.25) is 10.0 Å². The van der Waals surface area contributed by atoms with Crippen molar-refractivity contribution in [2.75, 3.05) is 34.4 Å². The lowest BCUT2D eigenvalue weighted by molar-refractivity contribution is 0.203. The molecule has 0 bridgehead atoms. The highest BCUT2D eigenvalue weighted by Crippen LogP contribution is 2.23. The number of hydrogen-bond acceptors (Lipinski definition) is 2. The van der Waals surface area contributed by atoms with E-state index in [0.29, 0.717) is 23.2 Å². The molecule has 106 valence electrons. The number of aliphatic imine (C=N–C) groups is 1. The molecule has 1 aromatic rings. The monoisotopic (exact) mass is 303 g/mol. The molecule has 1 N–H and O–H groups in total. The van der Waals surface area contributed by atoms with Crippen molar-refractivity contribution in [1.29, 1.82) is 0 Å². The topological polar surface area (TPSA) is 36.9 Å². The second-order valence-corrected chi connectivity index (χ2v) is 4.89. The number of methoxy groups -OCH3 is 1. The molecular formula is C13H19Cl2N3O. The summed E-state index contributed by atoms with van der Waals surface area (Å²) in [6.07, 6.45) is 0. The second-order valence-electron chi connectivity index (χ2n) is 4.07. The molecule has 1 aromatic carbocycles. The van der Waals surface area contributed by atoms with E-state index in [1.165, 1.54) is 0 Å². The Morgan fingerprint density at radius 3 is 2.68 bits per heavy atom. The Balaban J connectivity index is 2.61. The van der Waals surface area contributed by atoms with Crippen LogP contribution in [-0.4, -0.2) is 45.2 Å². The van der Waals surface area contributed by atoms with Gasteiger partial charge >= 0.3 is 0 Å². The molecule has 0 aliphatic rings. The van der Waals surface area contributed by atoms with Gasteiger partial charge in [0.2, 0.25) is 0 Å². The molecule has 6 heteroatoms. The summed E-state index contributed by atoms with van der Waals surface area (Å²) in [7, 11) is 5.38. The van der Waals surface area contributed by atoms with E-state index in [-0.39, 0.29) is 0 Å². The van der Waals surface area contributed by atoms with Crippen LogP contribution in [0.15, 0.2) is 23.2 Å². The fraction of sp³-hybridized carbons (Fsp3) is 0.462. The zero-order chi connectivity index (χ0) is 14.3. The quantitative estimate of drug-likeness (QED) is 0.516. The number of ether oxygens (including phenoxy) is 1. The molecule has 0 unspecified atom stereocenters. The molecule has 19 heavy (non-hydrogen) atoms. The summed E-state index contributed by atoms with van der Waals surface area (Å²) in [5, 5.41) is 4.34. The van der Waals surface area contributed by atoms with Gasteiger partial charge in [0.15, 0.2) is 5.96 Å². The zero-order valence-corrected chi connectivity index (χ0v) is 12.9. The number of nitrogens with zero attached hydrogens (tertiary/aromatic N) is 2.